The van der Waals surface area contributed by atoms with Crippen molar-refractivity contribution in [3.8, 4) is 17.2 Å². The Kier molecular flexibility index (Phi) is 4.71. The van der Waals surface area contributed by atoms with Crippen LogP contribution in [0.25, 0.3) is 0 Å². The highest BCUT2D eigenvalue weighted by molar-refractivity contribution is 6.01. The molecule has 2 aromatic carbocycles. The molecule has 2 aromatic rings. The van der Waals surface area contributed by atoms with Gasteiger partial charge >= 0.3 is 0 Å². The van der Waals surface area contributed by atoms with Crippen LogP contribution in [0.15, 0.2) is 42.5 Å². The quantitative estimate of drug-likeness (QED) is 0.860. The first-order valence-electron chi connectivity index (χ1n) is 8.08. The van der Waals surface area contributed by atoms with Gasteiger partial charge in [-0.15, -0.1) is 0 Å². The van der Waals surface area contributed by atoms with E-state index < -0.39 is 5.60 Å². The number of nitrogens with one attached hydrogen (secondary N) is 2. The Hall–Kier alpha value is -3.22. The minimum atomic E-state index is -0.928. The summed E-state index contributed by atoms with van der Waals surface area (Å²) < 4.78 is 16.2. The molecule has 0 fully saturated rings. The Morgan fingerprint density at radius 2 is 1.96 bits per heavy atom. The maximum absolute atomic E-state index is 12.1. The number of carbonyl (C=O) groups is 2. The van der Waals surface area contributed by atoms with E-state index in [-0.39, 0.29) is 18.4 Å². The highest BCUT2D eigenvalue weighted by atomic mass is 16.5. The summed E-state index contributed by atoms with van der Waals surface area (Å²) in [5.41, 5.74) is 0.120. The van der Waals surface area contributed by atoms with E-state index in [1.165, 1.54) is 0 Å². The van der Waals surface area contributed by atoms with E-state index in [1.807, 2.05) is 0 Å². The molecule has 1 aliphatic heterocycles. The molecule has 3 rings (SSSR count). The molecule has 7 heteroatoms. The van der Waals surface area contributed by atoms with Crippen LogP contribution in [0.3, 0.4) is 0 Å². The lowest BCUT2D eigenvalue weighted by molar-refractivity contribution is -0.129. The predicted octanol–water partition coefficient (Wildman–Crippen LogP) is 2.82. The van der Waals surface area contributed by atoms with Crippen molar-refractivity contribution >= 4 is 23.2 Å². The Balaban J connectivity index is 1.61. The fourth-order valence-corrected chi connectivity index (χ4v) is 2.43. The second-order valence-electron chi connectivity index (χ2n) is 6.29. The molecule has 26 heavy (non-hydrogen) atoms. The molecule has 1 heterocycles. The van der Waals surface area contributed by atoms with Crippen molar-refractivity contribution in [2.24, 2.45) is 0 Å². The molecule has 0 saturated carbocycles. The fraction of sp³-hybridized carbons (Fsp3) is 0.263. The third kappa shape index (κ3) is 3.88. The first kappa shape index (κ1) is 17.6. The molecule has 0 bridgehead atoms. The molecule has 0 unspecified atom stereocenters. The number of fused-ring (bicyclic) bond motifs is 1. The molecule has 0 aliphatic carbocycles. The topological polar surface area (TPSA) is 85.9 Å². The van der Waals surface area contributed by atoms with Gasteiger partial charge in [0.25, 0.3) is 11.8 Å². The van der Waals surface area contributed by atoms with Crippen LogP contribution in [0.2, 0.25) is 0 Å². The lowest BCUT2D eigenvalue weighted by atomic mass is 10.1. The third-order valence-electron chi connectivity index (χ3n) is 3.83. The Morgan fingerprint density at radius 3 is 2.73 bits per heavy atom. The van der Waals surface area contributed by atoms with Crippen molar-refractivity contribution < 1.29 is 23.8 Å². The van der Waals surface area contributed by atoms with Crippen molar-refractivity contribution in [1.29, 1.82) is 0 Å². The number of hydrogen-bond acceptors (Lipinski definition) is 5. The van der Waals surface area contributed by atoms with Crippen LogP contribution in [0.4, 0.5) is 11.4 Å². The number of amides is 2. The first-order chi connectivity index (χ1) is 12.4. The van der Waals surface area contributed by atoms with Crippen LogP contribution in [0.5, 0.6) is 17.2 Å². The van der Waals surface area contributed by atoms with Crippen LogP contribution >= 0.6 is 0 Å². The molecule has 0 saturated heterocycles. The first-order valence-corrected chi connectivity index (χ1v) is 8.08. The van der Waals surface area contributed by atoms with Gasteiger partial charge in [-0.3, -0.25) is 9.59 Å². The minimum Gasteiger partial charge on any atom is -0.497 e. The monoisotopic (exact) mass is 356 g/mol. The molecule has 136 valence electrons. The summed E-state index contributed by atoms with van der Waals surface area (Å²) in [5.74, 6) is 1.18. The van der Waals surface area contributed by atoms with Gasteiger partial charge < -0.3 is 24.8 Å². The molecular weight excluding hydrogens is 336 g/mol. The Labute approximate surface area is 151 Å². The molecule has 1 aliphatic rings. The number of benzene rings is 2. The van der Waals surface area contributed by atoms with Gasteiger partial charge in [0.1, 0.15) is 17.2 Å². The van der Waals surface area contributed by atoms with E-state index in [9.17, 15) is 9.59 Å². The van der Waals surface area contributed by atoms with Crippen molar-refractivity contribution in [3.05, 3.63) is 42.5 Å². The predicted molar refractivity (Wildman–Crippen MR) is 96.9 cm³/mol. The van der Waals surface area contributed by atoms with Gasteiger partial charge in [0, 0.05) is 11.8 Å². The van der Waals surface area contributed by atoms with E-state index in [0.29, 0.717) is 28.6 Å². The van der Waals surface area contributed by atoms with Crippen LogP contribution in [-0.2, 0) is 9.59 Å². The zero-order chi connectivity index (χ0) is 18.7. The highest BCUT2D eigenvalue weighted by Gasteiger charge is 2.35. The van der Waals surface area contributed by atoms with Crippen molar-refractivity contribution in [1.82, 2.24) is 0 Å². The number of methoxy groups -OCH3 is 1. The Morgan fingerprint density at radius 1 is 1.19 bits per heavy atom. The number of carbonyl (C=O) groups excluding carboxylic acids is 2. The molecule has 0 radical (unpaired) electrons. The number of hydrogen-bond donors (Lipinski definition) is 2. The standard InChI is InChI=1S/C19H20N2O5/c1-19(2)18(23)21-15-9-12(7-8-16(15)26-19)20-17(22)11-25-14-6-4-5-13(10-14)24-3/h4-10H,11H2,1-3H3,(H,20,22)(H,21,23). The molecule has 0 atom stereocenters. The summed E-state index contributed by atoms with van der Waals surface area (Å²) in [6.45, 7) is 3.23. The summed E-state index contributed by atoms with van der Waals surface area (Å²) >= 11 is 0. The van der Waals surface area contributed by atoms with Crippen LogP contribution < -0.4 is 24.8 Å². The molecule has 2 N–H and O–H groups in total. The van der Waals surface area contributed by atoms with Crippen LogP contribution in [-0.4, -0.2) is 31.1 Å². The van der Waals surface area contributed by atoms with E-state index in [2.05, 4.69) is 10.6 Å². The van der Waals surface area contributed by atoms with Gasteiger partial charge in [-0.05, 0) is 44.2 Å². The molecular formula is C19H20N2O5. The number of anilines is 2. The van der Waals surface area contributed by atoms with Gasteiger partial charge in [-0.2, -0.15) is 0 Å². The van der Waals surface area contributed by atoms with Crippen LogP contribution in [0, 0.1) is 0 Å². The summed E-state index contributed by atoms with van der Waals surface area (Å²) in [5, 5.41) is 5.50. The van der Waals surface area contributed by atoms with E-state index >= 15 is 0 Å². The highest BCUT2D eigenvalue weighted by Crippen LogP contribution is 2.35. The summed E-state index contributed by atoms with van der Waals surface area (Å²) in [6.07, 6.45) is 0. The third-order valence-corrected chi connectivity index (χ3v) is 3.83. The Bertz CT molecular complexity index is 848. The SMILES string of the molecule is COc1cccc(OCC(=O)Nc2ccc3c(c2)NC(=O)C(C)(C)O3)c1. The number of ether oxygens (including phenoxy) is 3. The van der Waals surface area contributed by atoms with Gasteiger partial charge in [0.05, 0.1) is 12.8 Å². The van der Waals surface area contributed by atoms with Crippen molar-refractivity contribution in [2.45, 2.75) is 19.4 Å². The zero-order valence-corrected chi connectivity index (χ0v) is 14.8. The van der Waals surface area contributed by atoms with Gasteiger partial charge in [-0.25, -0.2) is 0 Å². The van der Waals surface area contributed by atoms with Gasteiger partial charge in [0.15, 0.2) is 12.2 Å². The molecule has 2 amide bonds. The van der Waals surface area contributed by atoms with Crippen molar-refractivity contribution in [2.75, 3.05) is 24.4 Å². The largest absolute Gasteiger partial charge is 0.497 e. The lowest BCUT2D eigenvalue weighted by Crippen LogP contribution is -2.45. The van der Waals surface area contributed by atoms with E-state index in [4.69, 9.17) is 14.2 Å². The fourth-order valence-electron chi connectivity index (χ4n) is 2.43. The second-order valence-corrected chi connectivity index (χ2v) is 6.29. The maximum Gasteiger partial charge on any atom is 0.268 e. The summed E-state index contributed by atoms with van der Waals surface area (Å²) in [7, 11) is 1.56. The smallest absolute Gasteiger partial charge is 0.268 e. The van der Waals surface area contributed by atoms with Crippen LogP contribution in [0.1, 0.15) is 13.8 Å². The van der Waals surface area contributed by atoms with Crippen molar-refractivity contribution in [3.63, 3.8) is 0 Å². The molecule has 0 aromatic heterocycles. The maximum atomic E-state index is 12.1. The lowest BCUT2D eigenvalue weighted by Gasteiger charge is -2.31. The van der Waals surface area contributed by atoms with E-state index in [0.717, 1.165) is 0 Å². The van der Waals surface area contributed by atoms with Gasteiger partial charge in [0.2, 0.25) is 0 Å². The van der Waals surface area contributed by atoms with Gasteiger partial charge in [-0.1, -0.05) is 6.07 Å². The molecule has 7 nitrogen and oxygen atoms in total. The molecule has 0 spiro atoms. The summed E-state index contributed by atoms with van der Waals surface area (Å²) in [6, 6.07) is 12.1. The summed E-state index contributed by atoms with van der Waals surface area (Å²) in [4.78, 5) is 24.1. The average molecular weight is 356 g/mol. The zero-order valence-electron chi connectivity index (χ0n) is 14.8. The normalized spacial score (nSPS) is 14.5. The van der Waals surface area contributed by atoms with E-state index in [1.54, 1.807) is 63.4 Å². The second kappa shape index (κ2) is 6.95. The number of rotatable bonds is 5. The minimum absolute atomic E-state index is 0.153. The average Bonchev–Trinajstić information content (AvgIpc) is 2.61.